The van der Waals surface area contributed by atoms with E-state index in [9.17, 15) is 9.59 Å². The highest BCUT2D eigenvalue weighted by Gasteiger charge is 2.52. The van der Waals surface area contributed by atoms with Crippen LogP contribution in [0.2, 0.25) is 0 Å². The van der Waals surface area contributed by atoms with Crippen molar-refractivity contribution in [2.45, 2.75) is 37.8 Å². The van der Waals surface area contributed by atoms with E-state index in [1.54, 1.807) is 0 Å². The van der Waals surface area contributed by atoms with Crippen molar-refractivity contribution in [3.05, 3.63) is 22.2 Å². The molecule has 0 atom stereocenters. The summed E-state index contributed by atoms with van der Waals surface area (Å²) in [6.45, 7) is 0.418. The molecule has 0 radical (unpaired) electrons. The molecule has 116 valence electrons. The van der Waals surface area contributed by atoms with Gasteiger partial charge in [-0.2, -0.15) is 0 Å². The lowest BCUT2D eigenvalue weighted by Gasteiger charge is -2.20. The van der Waals surface area contributed by atoms with Gasteiger partial charge in [0, 0.05) is 4.47 Å². The van der Waals surface area contributed by atoms with Crippen LogP contribution in [0.15, 0.2) is 16.6 Å². The maximum Gasteiger partial charge on any atom is 0.325 e. The molecule has 2 aliphatic heterocycles. The molecule has 1 saturated carbocycles. The number of ether oxygens (including phenoxy) is 2. The number of urea groups is 1. The van der Waals surface area contributed by atoms with E-state index in [0.717, 1.165) is 35.7 Å². The van der Waals surface area contributed by atoms with Crippen LogP contribution in [0.3, 0.4) is 0 Å². The summed E-state index contributed by atoms with van der Waals surface area (Å²) in [7, 11) is 0. The number of imide groups is 1. The summed E-state index contributed by atoms with van der Waals surface area (Å²) in [5.74, 6) is 1.19. The van der Waals surface area contributed by atoms with Crippen LogP contribution in [0.25, 0.3) is 0 Å². The van der Waals surface area contributed by atoms with Crippen LogP contribution in [0, 0.1) is 0 Å². The smallest absolute Gasteiger partial charge is 0.325 e. The zero-order valence-corrected chi connectivity index (χ0v) is 13.4. The summed E-state index contributed by atoms with van der Waals surface area (Å²) in [4.78, 5) is 26.2. The Labute approximate surface area is 135 Å². The summed E-state index contributed by atoms with van der Waals surface area (Å²) in [6, 6.07) is 3.31. The molecular formula is C15H15BrN2O4. The second-order valence-corrected chi connectivity index (χ2v) is 6.76. The summed E-state index contributed by atoms with van der Waals surface area (Å²) < 4.78 is 11.5. The molecule has 3 aliphatic rings. The minimum Gasteiger partial charge on any atom is -0.454 e. The fourth-order valence-electron chi connectivity index (χ4n) is 3.39. The van der Waals surface area contributed by atoms with Crippen LogP contribution in [0.1, 0.15) is 31.2 Å². The van der Waals surface area contributed by atoms with Crippen molar-refractivity contribution >= 4 is 27.9 Å². The van der Waals surface area contributed by atoms with E-state index >= 15 is 0 Å². The van der Waals surface area contributed by atoms with Gasteiger partial charge in [-0.25, -0.2) is 4.79 Å². The Morgan fingerprint density at radius 3 is 2.59 bits per heavy atom. The van der Waals surface area contributed by atoms with E-state index in [4.69, 9.17) is 9.47 Å². The van der Waals surface area contributed by atoms with Crippen molar-refractivity contribution in [2.24, 2.45) is 0 Å². The average molecular weight is 367 g/mol. The molecule has 0 unspecified atom stereocenters. The Morgan fingerprint density at radius 1 is 1.18 bits per heavy atom. The molecule has 7 heteroatoms. The number of benzene rings is 1. The summed E-state index contributed by atoms with van der Waals surface area (Å²) in [6.07, 6.45) is 3.42. The molecule has 1 N–H and O–H groups in total. The third-order valence-electron chi connectivity index (χ3n) is 4.57. The van der Waals surface area contributed by atoms with E-state index in [1.807, 2.05) is 12.1 Å². The van der Waals surface area contributed by atoms with Gasteiger partial charge in [0.25, 0.3) is 5.91 Å². The number of nitrogens with one attached hydrogen (secondary N) is 1. The van der Waals surface area contributed by atoms with Gasteiger partial charge in [0.2, 0.25) is 6.79 Å². The molecule has 22 heavy (non-hydrogen) atoms. The highest BCUT2D eigenvalue weighted by molar-refractivity contribution is 9.10. The van der Waals surface area contributed by atoms with Gasteiger partial charge in [-0.15, -0.1) is 0 Å². The first-order valence-corrected chi connectivity index (χ1v) is 8.10. The number of carbonyl (C=O) groups is 2. The van der Waals surface area contributed by atoms with Crippen molar-refractivity contribution in [3.8, 4) is 11.5 Å². The first kappa shape index (κ1) is 13.9. The maximum atomic E-state index is 12.7. The average Bonchev–Trinajstić information content (AvgIpc) is 3.17. The number of hydrogen-bond donors (Lipinski definition) is 1. The summed E-state index contributed by atoms with van der Waals surface area (Å²) in [5, 5.41) is 2.89. The number of hydrogen-bond acceptors (Lipinski definition) is 4. The predicted molar refractivity (Wildman–Crippen MR) is 80.5 cm³/mol. The van der Waals surface area contributed by atoms with E-state index in [2.05, 4.69) is 21.2 Å². The molecule has 0 aromatic heterocycles. The second kappa shape index (κ2) is 4.87. The van der Waals surface area contributed by atoms with E-state index < -0.39 is 5.54 Å². The number of rotatable bonds is 2. The van der Waals surface area contributed by atoms with Crippen LogP contribution < -0.4 is 14.8 Å². The molecule has 1 spiro atoms. The third kappa shape index (κ3) is 1.99. The quantitative estimate of drug-likeness (QED) is 0.816. The van der Waals surface area contributed by atoms with Crippen molar-refractivity contribution in [3.63, 3.8) is 0 Å². The van der Waals surface area contributed by atoms with Gasteiger partial charge in [-0.05, 0) is 30.5 Å². The Hall–Kier alpha value is -1.76. The number of halogens is 1. The lowest BCUT2D eigenvalue weighted by Crippen LogP contribution is -2.44. The van der Waals surface area contributed by atoms with Crippen LogP contribution in [0.4, 0.5) is 4.79 Å². The molecule has 1 saturated heterocycles. The first-order valence-electron chi connectivity index (χ1n) is 7.31. The van der Waals surface area contributed by atoms with Gasteiger partial charge >= 0.3 is 6.03 Å². The number of fused-ring (bicyclic) bond motifs is 1. The van der Waals surface area contributed by atoms with Crippen LogP contribution in [-0.4, -0.2) is 29.2 Å². The SMILES string of the molecule is O=C1NC2(CCCC2)C(=O)N1Cc1cc2c(cc1Br)OCO2. The topological polar surface area (TPSA) is 67.9 Å². The van der Waals surface area contributed by atoms with E-state index in [-0.39, 0.29) is 25.3 Å². The maximum absolute atomic E-state index is 12.7. The molecule has 2 fully saturated rings. The van der Waals surface area contributed by atoms with Crippen LogP contribution in [0.5, 0.6) is 11.5 Å². The molecule has 2 heterocycles. The highest BCUT2D eigenvalue weighted by Crippen LogP contribution is 2.39. The van der Waals surface area contributed by atoms with Crippen molar-refractivity contribution in [1.82, 2.24) is 10.2 Å². The second-order valence-electron chi connectivity index (χ2n) is 5.91. The van der Waals surface area contributed by atoms with Crippen LogP contribution in [-0.2, 0) is 11.3 Å². The molecule has 0 bridgehead atoms. The van der Waals surface area contributed by atoms with Crippen LogP contribution >= 0.6 is 15.9 Å². The van der Waals surface area contributed by atoms with Gasteiger partial charge in [0.1, 0.15) is 5.54 Å². The molecule has 6 nitrogen and oxygen atoms in total. The number of carbonyl (C=O) groups excluding carboxylic acids is 2. The molecule has 1 aromatic rings. The van der Waals surface area contributed by atoms with E-state index in [1.165, 1.54) is 4.90 Å². The minimum atomic E-state index is -0.667. The fraction of sp³-hybridized carbons (Fsp3) is 0.467. The monoisotopic (exact) mass is 366 g/mol. The largest absolute Gasteiger partial charge is 0.454 e. The van der Waals surface area contributed by atoms with Gasteiger partial charge < -0.3 is 14.8 Å². The molecule has 3 amide bonds. The Morgan fingerprint density at radius 2 is 1.86 bits per heavy atom. The lowest BCUT2D eigenvalue weighted by molar-refractivity contribution is -0.131. The zero-order chi connectivity index (χ0) is 15.3. The Balaban J connectivity index is 1.61. The molecule has 1 aromatic carbocycles. The van der Waals surface area contributed by atoms with E-state index in [0.29, 0.717) is 11.5 Å². The third-order valence-corrected chi connectivity index (χ3v) is 5.31. The number of nitrogens with zero attached hydrogens (tertiary/aromatic N) is 1. The Kier molecular flexibility index (Phi) is 3.07. The van der Waals surface area contributed by atoms with Gasteiger partial charge in [-0.3, -0.25) is 9.69 Å². The lowest BCUT2D eigenvalue weighted by atomic mass is 9.98. The van der Waals surface area contributed by atoms with Gasteiger partial charge in [0.05, 0.1) is 6.54 Å². The summed E-state index contributed by atoms with van der Waals surface area (Å²) in [5.41, 5.74) is 0.155. The molecular weight excluding hydrogens is 352 g/mol. The zero-order valence-electron chi connectivity index (χ0n) is 11.9. The van der Waals surface area contributed by atoms with Crippen molar-refractivity contribution < 1.29 is 19.1 Å². The van der Waals surface area contributed by atoms with Gasteiger partial charge in [0.15, 0.2) is 11.5 Å². The first-order chi connectivity index (χ1) is 10.6. The summed E-state index contributed by atoms with van der Waals surface area (Å²) >= 11 is 3.47. The molecule has 4 rings (SSSR count). The standard InChI is InChI=1S/C15H15BrN2O4/c16-10-6-12-11(21-8-22-12)5-9(10)7-18-13(19)15(17-14(18)20)3-1-2-4-15/h5-6H,1-4,7-8H2,(H,17,20). The highest BCUT2D eigenvalue weighted by atomic mass is 79.9. The fourth-order valence-corrected chi connectivity index (χ4v) is 3.84. The van der Waals surface area contributed by atoms with Crippen molar-refractivity contribution in [2.75, 3.05) is 6.79 Å². The normalized spacial score (nSPS) is 21.8. The minimum absolute atomic E-state index is 0.112. The van der Waals surface area contributed by atoms with Crippen molar-refractivity contribution in [1.29, 1.82) is 0 Å². The number of amides is 3. The molecule has 1 aliphatic carbocycles. The van der Waals surface area contributed by atoms with Gasteiger partial charge in [-0.1, -0.05) is 28.8 Å². The Bertz CT molecular complexity index is 670. The predicted octanol–water partition coefficient (Wildman–Crippen LogP) is 2.54.